The summed E-state index contributed by atoms with van der Waals surface area (Å²) in [7, 11) is 0. The van der Waals surface area contributed by atoms with Gasteiger partial charge in [0.15, 0.2) is 4.34 Å². The van der Waals surface area contributed by atoms with Crippen molar-refractivity contribution >= 4 is 44.9 Å². The molecule has 1 aromatic carbocycles. The maximum absolute atomic E-state index is 11.6. The third-order valence-electron chi connectivity index (χ3n) is 2.43. The lowest BCUT2D eigenvalue weighted by Crippen LogP contribution is -2.28. The van der Waals surface area contributed by atoms with Crippen LogP contribution in [0.5, 0.6) is 0 Å². The Morgan fingerprint density at radius 2 is 2.32 bits per heavy atom. The van der Waals surface area contributed by atoms with Gasteiger partial charge < -0.3 is 11.1 Å². The van der Waals surface area contributed by atoms with Crippen molar-refractivity contribution in [1.82, 2.24) is 10.3 Å². The number of fused-ring (bicyclic) bond motifs is 1. The number of aromatic nitrogens is 1. The first-order valence-electron chi connectivity index (χ1n) is 6.10. The number of hydrogen-bond donors (Lipinski definition) is 2. The van der Waals surface area contributed by atoms with Gasteiger partial charge in [0.2, 0.25) is 5.91 Å². The van der Waals surface area contributed by atoms with Crippen molar-refractivity contribution in [3.63, 3.8) is 0 Å². The molecule has 6 heteroatoms. The number of hydrogen-bond acceptors (Lipinski definition) is 5. The molecule has 0 atom stereocenters. The number of nitrogen functional groups attached to an aromatic ring is 1. The van der Waals surface area contributed by atoms with Crippen molar-refractivity contribution in [3.8, 4) is 0 Å². The van der Waals surface area contributed by atoms with E-state index >= 15 is 0 Å². The molecule has 0 aliphatic heterocycles. The molecule has 0 aliphatic carbocycles. The van der Waals surface area contributed by atoms with Crippen molar-refractivity contribution in [2.45, 2.75) is 18.2 Å². The molecule has 2 rings (SSSR count). The number of benzene rings is 1. The molecule has 0 bridgehead atoms. The predicted octanol–water partition coefficient (Wildman–Crippen LogP) is 2.74. The number of anilines is 1. The van der Waals surface area contributed by atoms with E-state index in [4.69, 9.17) is 5.73 Å². The molecule has 0 saturated carbocycles. The number of thiazole rings is 1. The zero-order valence-electron chi connectivity index (χ0n) is 11.0. The Morgan fingerprint density at radius 1 is 1.53 bits per heavy atom. The minimum absolute atomic E-state index is 0.0532. The second-order valence-corrected chi connectivity index (χ2v) is 6.95. The molecule has 102 valence electrons. The molecule has 19 heavy (non-hydrogen) atoms. The molecular formula is C13H17N3OS2. The molecule has 0 spiro atoms. The number of carbonyl (C=O) groups is 1. The molecule has 3 N–H and O–H groups in total. The Bertz CT molecular complexity index is 580. The van der Waals surface area contributed by atoms with Crippen molar-refractivity contribution in [3.05, 3.63) is 18.2 Å². The van der Waals surface area contributed by atoms with Gasteiger partial charge in [-0.1, -0.05) is 25.6 Å². The van der Waals surface area contributed by atoms with Crippen LogP contribution in [0.2, 0.25) is 0 Å². The lowest BCUT2D eigenvalue weighted by molar-refractivity contribution is -0.118. The van der Waals surface area contributed by atoms with Crippen LogP contribution < -0.4 is 11.1 Å². The van der Waals surface area contributed by atoms with Crippen LogP contribution in [0.15, 0.2) is 22.5 Å². The van der Waals surface area contributed by atoms with E-state index in [1.807, 2.05) is 18.2 Å². The van der Waals surface area contributed by atoms with E-state index in [2.05, 4.69) is 24.1 Å². The standard InChI is InChI=1S/C13H17N3OS2/c1-8(2)6-15-12(17)7-18-13-16-10-4-3-9(14)5-11(10)19-13/h3-5,8H,6-7,14H2,1-2H3,(H,15,17). The number of nitrogens with zero attached hydrogens (tertiary/aromatic N) is 1. The van der Waals surface area contributed by atoms with Crippen LogP contribution in [0.3, 0.4) is 0 Å². The van der Waals surface area contributed by atoms with Crippen LogP contribution in [-0.4, -0.2) is 23.2 Å². The first-order valence-corrected chi connectivity index (χ1v) is 7.90. The van der Waals surface area contributed by atoms with Gasteiger partial charge >= 0.3 is 0 Å². The fourth-order valence-electron chi connectivity index (χ4n) is 1.48. The Balaban J connectivity index is 1.92. The van der Waals surface area contributed by atoms with Gasteiger partial charge in [0.25, 0.3) is 0 Å². The largest absolute Gasteiger partial charge is 0.399 e. The lowest BCUT2D eigenvalue weighted by Gasteiger charge is -2.06. The van der Waals surface area contributed by atoms with Gasteiger partial charge in [0.05, 0.1) is 16.0 Å². The molecule has 0 aliphatic rings. The highest BCUT2D eigenvalue weighted by Gasteiger charge is 2.08. The third kappa shape index (κ3) is 4.11. The summed E-state index contributed by atoms with van der Waals surface area (Å²) in [6.07, 6.45) is 0. The van der Waals surface area contributed by atoms with E-state index in [0.29, 0.717) is 11.7 Å². The second kappa shape index (κ2) is 6.25. The molecule has 1 heterocycles. The van der Waals surface area contributed by atoms with E-state index in [1.165, 1.54) is 11.8 Å². The molecule has 2 aromatic rings. The number of thioether (sulfide) groups is 1. The normalized spacial score (nSPS) is 11.1. The Labute approximate surface area is 120 Å². The minimum atomic E-state index is 0.0532. The zero-order chi connectivity index (χ0) is 13.8. The summed E-state index contributed by atoms with van der Waals surface area (Å²) >= 11 is 3.04. The van der Waals surface area contributed by atoms with E-state index in [0.717, 1.165) is 26.8 Å². The van der Waals surface area contributed by atoms with Gasteiger partial charge in [-0.25, -0.2) is 4.98 Å². The number of nitrogens with one attached hydrogen (secondary N) is 1. The number of amides is 1. The van der Waals surface area contributed by atoms with Crippen molar-refractivity contribution in [2.75, 3.05) is 18.0 Å². The molecule has 1 amide bonds. The lowest BCUT2D eigenvalue weighted by atomic mass is 10.2. The van der Waals surface area contributed by atoms with Crippen molar-refractivity contribution in [1.29, 1.82) is 0 Å². The third-order valence-corrected chi connectivity index (χ3v) is 4.59. The Morgan fingerprint density at radius 3 is 3.05 bits per heavy atom. The molecular weight excluding hydrogens is 278 g/mol. The number of nitrogens with two attached hydrogens (primary N) is 1. The second-order valence-electron chi connectivity index (χ2n) is 4.69. The number of rotatable bonds is 5. The van der Waals surface area contributed by atoms with Crippen molar-refractivity contribution in [2.24, 2.45) is 5.92 Å². The molecule has 0 fully saturated rings. The van der Waals surface area contributed by atoms with Gasteiger partial charge in [0, 0.05) is 12.2 Å². The topological polar surface area (TPSA) is 68.0 Å². The SMILES string of the molecule is CC(C)CNC(=O)CSc1nc2ccc(N)cc2s1. The first-order chi connectivity index (χ1) is 9.04. The van der Waals surface area contributed by atoms with Crippen molar-refractivity contribution < 1.29 is 4.79 Å². The summed E-state index contributed by atoms with van der Waals surface area (Å²) in [6.45, 7) is 4.87. The van der Waals surface area contributed by atoms with Crippen LogP contribution in [-0.2, 0) is 4.79 Å². The van der Waals surface area contributed by atoms with E-state index in [9.17, 15) is 4.79 Å². The maximum atomic E-state index is 11.6. The van der Waals surface area contributed by atoms with Crippen LogP contribution in [0.25, 0.3) is 10.2 Å². The van der Waals surface area contributed by atoms with Gasteiger partial charge in [0.1, 0.15) is 0 Å². The van der Waals surface area contributed by atoms with E-state index < -0.39 is 0 Å². The fraction of sp³-hybridized carbons (Fsp3) is 0.385. The average molecular weight is 295 g/mol. The van der Waals surface area contributed by atoms with Crippen LogP contribution >= 0.6 is 23.1 Å². The van der Waals surface area contributed by atoms with E-state index in [-0.39, 0.29) is 5.91 Å². The summed E-state index contributed by atoms with van der Waals surface area (Å²) in [5.41, 5.74) is 7.40. The van der Waals surface area contributed by atoms with Crippen LogP contribution in [0, 0.1) is 5.92 Å². The highest BCUT2D eigenvalue weighted by Crippen LogP contribution is 2.30. The highest BCUT2D eigenvalue weighted by molar-refractivity contribution is 8.01. The maximum Gasteiger partial charge on any atom is 0.230 e. The molecule has 0 saturated heterocycles. The van der Waals surface area contributed by atoms with Gasteiger partial charge in [-0.3, -0.25) is 4.79 Å². The summed E-state index contributed by atoms with van der Waals surface area (Å²) in [4.78, 5) is 16.1. The summed E-state index contributed by atoms with van der Waals surface area (Å²) in [6, 6.07) is 5.66. The Hall–Kier alpha value is -1.27. The fourth-order valence-corrected chi connectivity index (χ4v) is 3.42. The van der Waals surface area contributed by atoms with E-state index in [1.54, 1.807) is 11.3 Å². The van der Waals surface area contributed by atoms with Gasteiger partial charge in [-0.05, 0) is 24.1 Å². The average Bonchev–Trinajstić information content (AvgIpc) is 2.75. The summed E-state index contributed by atoms with van der Waals surface area (Å²) < 4.78 is 1.96. The van der Waals surface area contributed by atoms with Gasteiger partial charge in [-0.15, -0.1) is 11.3 Å². The smallest absolute Gasteiger partial charge is 0.230 e. The summed E-state index contributed by atoms with van der Waals surface area (Å²) in [5, 5.41) is 2.89. The molecule has 0 unspecified atom stereocenters. The molecule has 0 radical (unpaired) electrons. The molecule has 1 aromatic heterocycles. The van der Waals surface area contributed by atoms with Crippen LogP contribution in [0.4, 0.5) is 5.69 Å². The van der Waals surface area contributed by atoms with Crippen LogP contribution in [0.1, 0.15) is 13.8 Å². The van der Waals surface area contributed by atoms with Gasteiger partial charge in [-0.2, -0.15) is 0 Å². The molecule has 4 nitrogen and oxygen atoms in total. The monoisotopic (exact) mass is 295 g/mol. The number of carbonyl (C=O) groups excluding carboxylic acids is 1. The predicted molar refractivity (Wildman–Crippen MR) is 82.6 cm³/mol. The quantitative estimate of drug-likeness (QED) is 0.657. The minimum Gasteiger partial charge on any atom is -0.399 e. The highest BCUT2D eigenvalue weighted by atomic mass is 32.2. The summed E-state index contributed by atoms with van der Waals surface area (Å²) in [5.74, 6) is 0.930. The first kappa shape index (κ1) is 14.1. The Kier molecular flexibility index (Phi) is 4.66. The zero-order valence-corrected chi connectivity index (χ0v) is 12.6.